The van der Waals surface area contributed by atoms with Crippen molar-refractivity contribution in [1.82, 2.24) is 9.80 Å². The van der Waals surface area contributed by atoms with Crippen molar-refractivity contribution in [3.8, 4) is 0 Å². The molecule has 130 valence electrons. The maximum absolute atomic E-state index is 12.7. The average molecular weight is 338 g/mol. The van der Waals surface area contributed by atoms with E-state index in [1.165, 1.54) is 4.90 Å². The fourth-order valence-corrected chi connectivity index (χ4v) is 3.41. The van der Waals surface area contributed by atoms with Gasteiger partial charge in [-0.2, -0.15) is 0 Å². The molecule has 5 heteroatoms. The zero-order valence-corrected chi connectivity index (χ0v) is 14.6. The van der Waals surface area contributed by atoms with E-state index in [4.69, 9.17) is 0 Å². The highest BCUT2D eigenvalue weighted by Crippen LogP contribution is 2.30. The lowest BCUT2D eigenvalue weighted by atomic mass is 9.94. The van der Waals surface area contributed by atoms with Gasteiger partial charge in [-0.1, -0.05) is 24.3 Å². The Morgan fingerprint density at radius 1 is 0.960 bits per heavy atom. The number of hydrogen-bond acceptors (Lipinski definition) is 3. The van der Waals surface area contributed by atoms with E-state index in [-0.39, 0.29) is 24.3 Å². The van der Waals surface area contributed by atoms with Crippen molar-refractivity contribution in [3.63, 3.8) is 0 Å². The Labute approximate surface area is 147 Å². The van der Waals surface area contributed by atoms with Crippen LogP contribution in [0.5, 0.6) is 0 Å². The van der Waals surface area contributed by atoms with Crippen LogP contribution in [0.3, 0.4) is 0 Å². The minimum Gasteiger partial charge on any atom is -0.343 e. The lowest BCUT2D eigenvalue weighted by Gasteiger charge is -2.27. The summed E-state index contributed by atoms with van der Waals surface area (Å²) in [6.45, 7) is 5.49. The van der Waals surface area contributed by atoms with Gasteiger partial charge in [0.1, 0.15) is 0 Å². The summed E-state index contributed by atoms with van der Waals surface area (Å²) in [6.07, 6.45) is 0.815. The van der Waals surface area contributed by atoms with Crippen molar-refractivity contribution in [3.05, 3.63) is 47.5 Å². The molecule has 2 aromatic carbocycles. The average Bonchev–Trinajstić information content (AvgIpc) is 2.63. The summed E-state index contributed by atoms with van der Waals surface area (Å²) in [5.74, 6) is -0.487. The quantitative estimate of drug-likeness (QED) is 0.761. The molecule has 0 atom stereocenters. The van der Waals surface area contributed by atoms with E-state index in [0.29, 0.717) is 37.1 Å². The molecular formula is C20H22N2O3. The van der Waals surface area contributed by atoms with Crippen LogP contribution in [0.25, 0.3) is 10.8 Å². The fourth-order valence-electron chi connectivity index (χ4n) is 3.41. The van der Waals surface area contributed by atoms with Gasteiger partial charge in [0.05, 0.1) is 0 Å². The van der Waals surface area contributed by atoms with Crippen LogP contribution < -0.4 is 0 Å². The van der Waals surface area contributed by atoms with Gasteiger partial charge in [0, 0.05) is 42.6 Å². The maximum Gasteiger partial charge on any atom is 0.261 e. The summed E-state index contributed by atoms with van der Waals surface area (Å²) in [4.78, 5) is 40.6. The normalized spacial score (nSPS) is 13.4. The van der Waals surface area contributed by atoms with Crippen LogP contribution in [0, 0.1) is 0 Å². The summed E-state index contributed by atoms with van der Waals surface area (Å²) in [5, 5.41) is 1.63. The third-order valence-corrected chi connectivity index (χ3v) is 4.74. The van der Waals surface area contributed by atoms with Gasteiger partial charge in [-0.15, -0.1) is 0 Å². The van der Waals surface area contributed by atoms with Crippen molar-refractivity contribution in [2.75, 3.05) is 19.6 Å². The van der Waals surface area contributed by atoms with Crippen LogP contribution in [0.2, 0.25) is 0 Å². The number of nitrogens with zero attached hydrogens (tertiary/aromatic N) is 2. The van der Waals surface area contributed by atoms with Crippen molar-refractivity contribution in [2.45, 2.75) is 26.7 Å². The van der Waals surface area contributed by atoms with E-state index < -0.39 is 0 Å². The largest absolute Gasteiger partial charge is 0.343 e. The second-order valence-corrected chi connectivity index (χ2v) is 6.14. The van der Waals surface area contributed by atoms with E-state index in [0.717, 1.165) is 10.8 Å². The molecule has 1 aliphatic heterocycles. The number of benzene rings is 2. The Balaban J connectivity index is 1.78. The molecule has 2 aromatic rings. The molecule has 0 saturated carbocycles. The number of carbonyl (C=O) groups excluding carboxylic acids is 3. The molecule has 0 aliphatic carbocycles. The van der Waals surface area contributed by atoms with E-state index in [1.807, 2.05) is 38.1 Å². The smallest absolute Gasteiger partial charge is 0.261 e. The minimum absolute atomic E-state index is 0.0596. The van der Waals surface area contributed by atoms with Crippen molar-refractivity contribution < 1.29 is 14.4 Å². The van der Waals surface area contributed by atoms with E-state index >= 15 is 0 Å². The molecule has 0 fully saturated rings. The minimum atomic E-state index is -0.274. The molecule has 0 radical (unpaired) electrons. The zero-order chi connectivity index (χ0) is 18.0. The predicted molar refractivity (Wildman–Crippen MR) is 96.5 cm³/mol. The number of hydrogen-bond donors (Lipinski definition) is 0. The highest BCUT2D eigenvalue weighted by atomic mass is 16.2. The summed E-state index contributed by atoms with van der Waals surface area (Å²) in [6, 6.07) is 11.0. The molecule has 0 bridgehead atoms. The van der Waals surface area contributed by atoms with Gasteiger partial charge in [0.2, 0.25) is 5.91 Å². The Bertz CT molecular complexity index is 789. The Kier molecular flexibility index (Phi) is 4.83. The van der Waals surface area contributed by atoms with Gasteiger partial charge in [0.15, 0.2) is 0 Å². The molecule has 1 heterocycles. The molecular weight excluding hydrogens is 316 g/mol. The zero-order valence-electron chi connectivity index (χ0n) is 14.6. The first-order chi connectivity index (χ1) is 12.1. The van der Waals surface area contributed by atoms with Gasteiger partial charge in [-0.05, 0) is 37.8 Å². The van der Waals surface area contributed by atoms with Crippen LogP contribution in [-0.2, 0) is 4.79 Å². The SMILES string of the molecule is CCN(CC)C(=O)CCCN1C(=O)c2cccc3cccc(c23)C1=O. The fraction of sp³-hybridized carbons (Fsp3) is 0.350. The van der Waals surface area contributed by atoms with Gasteiger partial charge < -0.3 is 4.90 Å². The number of rotatable bonds is 6. The van der Waals surface area contributed by atoms with Crippen LogP contribution in [0.15, 0.2) is 36.4 Å². The Hall–Kier alpha value is -2.69. The van der Waals surface area contributed by atoms with Gasteiger partial charge >= 0.3 is 0 Å². The number of amides is 3. The molecule has 0 aromatic heterocycles. The van der Waals surface area contributed by atoms with Crippen LogP contribution >= 0.6 is 0 Å². The highest BCUT2D eigenvalue weighted by Gasteiger charge is 2.32. The molecule has 5 nitrogen and oxygen atoms in total. The lowest BCUT2D eigenvalue weighted by molar-refractivity contribution is -0.130. The topological polar surface area (TPSA) is 57.7 Å². The second kappa shape index (κ2) is 7.05. The molecule has 0 spiro atoms. The number of carbonyl (C=O) groups is 3. The van der Waals surface area contributed by atoms with Gasteiger partial charge in [0.25, 0.3) is 11.8 Å². The highest BCUT2D eigenvalue weighted by molar-refractivity contribution is 6.25. The van der Waals surface area contributed by atoms with Crippen LogP contribution in [0.1, 0.15) is 47.4 Å². The lowest BCUT2D eigenvalue weighted by Crippen LogP contribution is -2.41. The first-order valence-corrected chi connectivity index (χ1v) is 8.74. The molecule has 0 unspecified atom stereocenters. The predicted octanol–water partition coefficient (Wildman–Crippen LogP) is 3.08. The third-order valence-electron chi connectivity index (χ3n) is 4.74. The molecule has 25 heavy (non-hydrogen) atoms. The van der Waals surface area contributed by atoms with Gasteiger partial charge in [-0.25, -0.2) is 0 Å². The summed E-state index contributed by atoms with van der Waals surface area (Å²) >= 11 is 0. The molecule has 0 saturated heterocycles. The third kappa shape index (κ3) is 3.02. The summed E-state index contributed by atoms with van der Waals surface area (Å²) < 4.78 is 0. The summed E-state index contributed by atoms with van der Waals surface area (Å²) in [5.41, 5.74) is 1.12. The summed E-state index contributed by atoms with van der Waals surface area (Å²) in [7, 11) is 0. The van der Waals surface area contributed by atoms with E-state index in [9.17, 15) is 14.4 Å². The second-order valence-electron chi connectivity index (χ2n) is 6.14. The van der Waals surface area contributed by atoms with Gasteiger partial charge in [-0.3, -0.25) is 19.3 Å². The standard InChI is InChI=1S/C20H22N2O3/c1-3-21(4-2)17(23)12-7-13-22-19(24)15-10-5-8-14-9-6-11-16(18(14)15)20(22)25/h5-6,8-11H,3-4,7,12-13H2,1-2H3. The van der Waals surface area contributed by atoms with E-state index in [2.05, 4.69) is 0 Å². The Morgan fingerprint density at radius 3 is 2.04 bits per heavy atom. The van der Waals surface area contributed by atoms with Crippen molar-refractivity contribution >= 4 is 28.5 Å². The number of imide groups is 1. The first-order valence-electron chi connectivity index (χ1n) is 8.74. The molecule has 3 amide bonds. The molecule has 0 N–H and O–H groups in total. The van der Waals surface area contributed by atoms with Crippen molar-refractivity contribution in [2.24, 2.45) is 0 Å². The van der Waals surface area contributed by atoms with Crippen LogP contribution in [0.4, 0.5) is 0 Å². The first kappa shape index (κ1) is 17.1. The van der Waals surface area contributed by atoms with Crippen LogP contribution in [-0.4, -0.2) is 47.2 Å². The monoisotopic (exact) mass is 338 g/mol. The van der Waals surface area contributed by atoms with Crippen molar-refractivity contribution in [1.29, 1.82) is 0 Å². The Morgan fingerprint density at radius 2 is 1.52 bits per heavy atom. The molecule has 1 aliphatic rings. The van der Waals surface area contributed by atoms with E-state index in [1.54, 1.807) is 17.0 Å². The maximum atomic E-state index is 12.7. The molecule has 3 rings (SSSR count).